The first-order valence-electron chi connectivity index (χ1n) is 9.16. The second kappa shape index (κ2) is 8.60. The summed E-state index contributed by atoms with van der Waals surface area (Å²) in [6.45, 7) is 5.05. The highest BCUT2D eigenvalue weighted by molar-refractivity contribution is 5.94. The average molecular weight is 364 g/mol. The summed E-state index contributed by atoms with van der Waals surface area (Å²) in [4.78, 5) is 34.4. The molecule has 0 radical (unpaired) electrons. The molecular formula is C21H24N4O2. The molecule has 0 saturated carbocycles. The van der Waals surface area contributed by atoms with Crippen molar-refractivity contribution in [2.75, 3.05) is 11.9 Å². The van der Waals surface area contributed by atoms with Gasteiger partial charge in [-0.1, -0.05) is 37.3 Å². The molecular weight excluding hydrogens is 340 g/mol. The van der Waals surface area contributed by atoms with E-state index < -0.39 is 0 Å². The zero-order valence-corrected chi connectivity index (χ0v) is 15.6. The number of carbonyl (C=O) groups excluding carboxylic acids is 1. The first-order valence-corrected chi connectivity index (χ1v) is 9.16. The molecule has 6 nitrogen and oxygen atoms in total. The fourth-order valence-corrected chi connectivity index (χ4v) is 3.03. The number of hydrogen-bond acceptors (Lipinski definition) is 4. The van der Waals surface area contributed by atoms with Crippen LogP contribution in [0.3, 0.4) is 0 Å². The van der Waals surface area contributed by atoms with E-state index in [0.717, 1.165) is 18.7 Å². The monoisotopic (exact) mass is 364 g/mol. The first kappa shape index (κ1) is 18.8. The predicted octanol–water partition coefficient (Wildman–Crippen LogP) is 3.16. The topological polar surface area (TPSA) is 78.1 Å². The SMILES string of the molecule is CCCN(Cc1nc2ccccc2c(=O)[nH]1)C(C)C(=O)Nc1ccccc1. The third-order valence-electron chi connectivity index (χ3n) is 4.49. The molecule has 0 saturated heterocycles. The Morgan fingerprint density at radius 2 is 1.85 bits per heavy atom. The fraction of sp³-hybridized carbons (Fsp3) is 0.286. The number of anilines is 1. The smallest absolute Gasteiger partial charge is 0.258 e. The van der Waals surface area contributed by atoms with Crippen molar-refractivity contribution in [1.29, 1.82) is 0 Å². The number of benzene rings is 2. The summed E-state index contributed by atoms with van der Waals surface area (Å²) < 4.78 is 0. The third kappa shape index (κ3) is 4.60. The molecule has 3 rings (SSSR count). The lowest BCUT2D eigenvalue weighted by molar-refractivity contribution is -0.121. The van der Waals surface area contributed by atoms with Gasteiger partial charge in [0.25, 0.3) is 5.56 Å². The Kier molecular flexibility index (Phi) is 5.98. The van der Waals surface area contributed by atoms with Crippen molar-refractivity contribution >= 4 is 22.5 Å². The number of para-hydroxylation sites is 2. The van der Waals surface area contributed by atoms with Gasteiger partial charge in [-0.25, -0.2) is 4.98 Å². The molecule has 0 aliphatic carbocycles. The Morgan fingerprint density at radius 3 is 2.59 bits per heavy atom. The predicted molar refractivity (Wildman–Crippen MR) is 108 cm³/mol. The van der Waals surface area contributed by atoms with Gasteiger partial charge in [0.05, 0.1) is 23.5 Å². The van der Waals surface area contributed by atoms with E-state index in [9.17, 15) is 9.59 Å². The van der Waals surface area contributed by atoms with E-state index in [0.29, 0.717) is 23.3 Å². The van der Waals surface area contributed by atoms with E-state index in [1.165, 1.54) is 0 Å². The van der Waals surface area contributed by atoms with Crippen molar-refractivity contribution in [3.63, 3.8) is 0 Å². The number of amides is 1. The molecule has 2 aromatic carbocycles. The normalized spacial score (nSPS) is 12.3. The quantitative estimate of drug-likeness (QED) is 0.675. The van der Waals surface area contributed by atoms with Crippen LogP contribution in [0.5, 0.6) is 0 Å². The number of H-pyrrole nitrogens is 1. The van der Waals surface area contributed by atoms with Crippen molar-refractivity contribution in [2.24, 2.45) is 0 Å². The highest BCUT2D eigenvalue weighted by atomic mass is 16.2. The lowest BCUT2D eigenvalue weighted by Crippen LogP contribution is -2.42. The minimum atomic E-state index is -0.359. The maximum atomic E-state index is 12.7. The molecule has 6 heteroatoms. The molecule has 140 valence electrons. The number of aromatic nitrogens is 2. The minimum Gasteiger partial charge on any atom is -0.325 e. The molecule has 1 amide bonds. The second-order valence-corrected chi connectivity index (χ2v) is 6.53. The van der Waals surface area contributed by atoms with Gasteiger partial charge in [0, 0.05) is 5.69 Å². The van der Waals surface area contributed by atoms with Crippen LogP contribution >= 0.6 is 0 Å². The number of carbonyl (C=O) groups is 1. The van der Waals surface area contributed by atoms with Crippen molar-refractivity contribution in [3.05, 3.63) is 70.8 Å². The standard InChI is InChI=1S/C21H24N4O2/c1-3-13-25(15(2)20(26)22-16-9-5-4-6-10-16)14-19-23-18-12-8-7-11-17(18)21(27)24-19/h4-12,15H,3,13-14H2,1-2H3,(H,22,26)(H,23,24,27). The van der Waals surface area contributed by atoms with Crippen LogP contribution < -0.4 is 10.9 Å². The molecule has 1 unspecified atom stereocenters. The van der Waals surface area contributed by atoms with Gasteiger partial charge < -0.3 is 10.3 Å². The summed E-state index contributed by atoms with van der Waals surface area (Å²) in [7, 11) is 0. The van der Waals surface area contributed by atoms with E-state index in [2.05, 4.69) is 22.2 Å². The zero-order valence-electron chi connectivity index (χ0n) is 15.6. The Labute approximate surface area is 158 Å². The summed E-state index contributed by atoms with van der Waals surface area (Å²) in [5.74, 6) is 0.476. The van der Waals surface area contributed by atoms with Crippen molar-refractivity contribution in [2.45, 2.75) is 32.9 Å². The summed E-state index contributed by atoms with van der Waals surface area (Å²) in [5, 5.41) is 3.50. The maximum Gasteiger partial charge on any atom is 0.258 e. The molecule has 0 bridgehead atoms. The van der Waals surface area contributed by atoms with Gasteiger partial charge in [-0.15, -0.1) is 0 Å². The van der Waals surface area contributed by atoms with Crippen molar-refractivity contribution in [3.8, 4) is 0 Å². The molecule has 0 spiro atoms. The van der Waals surface area contributed by atoms with Crippen LogP contribution in [0.25, 0.3) is 10.9 Å². The molecule has 1 heterocycles. The zero-order chi connectivity index (χ0) is 19.2. The summed E-state index contributed by atoms with van der Waals surface area (Å²) in [6.07, 6.45) is 0.890. The number of nitrogens with one attached hydrogen (secondary N) is 2. The van der Waals surface area contributed by atoms with E-state index in [4.69, 9.17) is 0 Å². The van der Waals surface area contributed by atoms with Gasteiger partial charge >= 0.3 is 0 Å². The number of rotatable bonds is 7. The number of hydrogen-bond donors (Lipinski definition) is 2. The number of fused-ring (bicyclic) bond motifs is 1. The van der Waals surface area contributed by atoms with Crippen LogP contribution in [-0.2, 0) is 11.3 Å². The van der Waals surface area contributed by atoms with Crippen molar-refractivity contribution in [1.82, 2.24) is 14.9 Å². The molecule has 1 aromatic heterocycles. The minimum absolute atomic E-state index is 0.0854. The summed E-state index contributed by atoms with van der Waals surface area (Å²) in [5.41, 5.74) is 1.27. The van der Waals surface area contributed by atoms with Gasteiger partial charge in [0.15, 0.2) is 0 Å². The molecule has 27 heavy (non-hydrogen) atoms. The number of nitrogens with zero attached hydrogens (tertiary/aromatic N) is 2. The average Bonchev–Trinajstić information content (AvgIpc) is 2.68. The van der Waals surface area contributed by atoms with Gasteiger partial charge in [0.1, 0.15) is 5.82 Å². The molecule has 2 N–H and O–H groups in total. The Morgan fingerprint density at radius 1 is 1.15 bits per heavy atom. The second-order valence-electron chi connectivity index (χ2n) is 6.53. The molecule has 0 fully saturated rings. The molecule has 1 atom stereocenters. The van der Waals surface area contributed by atoms with E-state index >= 15 is 0 Å². The Balaban J connectivity index is 1.78. The van der Waals surface area contributed by atoms with E-state index in [-0.39, 0.29) is 17.5 Å². The lowest BCUT2D eigenvalue weighted by atomic mass is 10.2. The van der Waals surface area contributed by atoms with Gasteiger partial charge in [-0.05, 0) is 44.2 Å². The third-order valence-corrected chi connectivity index (χ3v) is 4.49. The molecule has 0 aliphatic rings. The maximum absolute atomic E-state index is 12.7. The summed E-state index contributed by atoms with van der Waals surface area (Å²) >= 11 is 0. The Hall–Kier alpha value is -2.99. The van der Waals surface area contributed by atoms with Gasteiger partial charge in [-0.3, -0.25) is 14.5 Å². The lowest BCUT2D eigenvalue weighted by Gasteiger charge is -2.27. The molecule has 3 aromatic rings. The molecule has 0 aliphatic heterocycles. The van der Waals surface area contributed by atoms with Crippen LogP contribution in [0.2, 0.25) is 0 Å². The van der Waals surface area contributed by atoms with E-state index in [1.807, 2.05) is 60.4 Å². The largest absolute Gasteiger partial charge is 0.325 e. The van der Waals surface area contributed by atoms with Crippen LogP contribution in [0.1, 0.15) is 26.1 Å². The van der Waals surface area contributed by atoms with Gasteiger partial charge in [0.2, 0.25) is 5.91 Å². The van der Waals surface area contributed by atoms with Gasteiger partial charge in [-0.2, -0.15) is 0 Å². The first-order chi connectivity index (χ1) is 13.1. The van der Waals surface area contributed by atoms with E-state index in [1.54, 1.807) is 6.07 Å². The number of aromatic amines is 1. The fourth-order valence-electron chi connectivity index (χ4n) is 3.03. The van der Waals surface area contributed by atoms with Crippen molar-refractivity contribution < 1.29 is 4.79 Å². The van der Waals surface area contributed by atoms with Crippen LogP contribution in [0.4, 0.5) is 5.69 Å². The Bertz CT molecular complexity index is 969. The summed E-state index contributed by atoms with van der Waals surface area (Å²) in [6, 6.07) is 16.3. The highest BCUT2D eigenvalue weighted by Crippen LogP contribution is 2.12. The van der Waals surface area contributed by atoms with Crippen LogP contribution in [0.15, 0.2) is 59.4 Å². The van der Waals surface area contributed by atoms with Crippen LogP contribution in [0, 0.1) is 0 Å². The van der Waals surface area contributed by atoms with Crippen LogP contribution in [-0.4, -0.2) is 33.4 Å². The highest BCUT2D eigenvalue weighted by Gasteiger charge is 2.22.